The van der Waals surface area contributed by atoms with Crippen LogP contribution < -0.4 is 20.1 Å². The number of amides is 2. The molecule has 9 heteroatoms. The standard InChI is InChI=1S/C20H23N3O5S/c1-13(7-9-26-2)22-19(25)15-4-3-8-21-20(15)29-11-18(24)23-14-5-6-16-17(10-14)28-12-27-16/h3-6,8,10,13H,7,9,11-12H2,1-2H3,(H,22,25)(H,23,24). The van der Waals surface area contributed by atoms with Crippen LogP contribution in [0.25, 0.3) is 0 Å². The highest BCUT2D eigenvalue weighted by atomic mass is 32.2. The summed E-state index contributed by atoms with van der Waals surface area (Å²) in [4.78, 5) is 29.1. The lowest BCUT2D eigenvalue weighted by Crippen LogP contribution is -2.33. The molecule has 1 aromatic heterocycles. The van der Waals surface area contributed by atoms with Crippen LogP contribution in [0.3, 0.4) is 0 Å². The Morgan fingerprint density at radius 2 is 2.10 bits per heavy atom. The number of hydrogen-bond acceptors (Lipinski definition) is 7. The fraction of sp³-hybridized carbons (Fsp3) is 0.350. The van der Waals surface area contributed by atoms with Crippen molar-refractivity contribution in [3.05, 3.63) is 42.1 Å². The monoisotopic (exact) mass is 417 g/mol. The zero-order valence-electron chi connectivity index (χ0n) is 16.3. The van der Waals surface area contributed by atoms with Gasteiger partial charge in [-0.1, -0.05) is 11.8 Å². The van der Waals surface area contributed by atoms with Crippen molar-refractivity contribution in [1.82, 2.24) is 10.3 Å². The number of anilines is 1. The summed E-state index contributed by atoms with van der Waals surface area (Å²) in [7, 11) is 1.62. The van der Waals surface area contributed by atoms with Crippen LogP contribution in [0.4, 0.5) is 5.69 Å². The number of thioether (sulfide) groups is 1. The zero-order valence-corrected chi connectivity index (χ0v) is 17.1. The maximum absolute atomic E-state index is 12.6. The molecule has 2 N–H and O–H groups in total. The molecule has 1 aromatic carbocycles. The van der Waals surface area contributed by atoms with Gasteiger partial charge in [-0.15, -0.1) is 0 Å². The molecule has 0 aliphatic carbocycles. The van der Waals surface area contributed by atoms with Gasteiger partial charge in [-0.25, -0.2) is 4.98 Å². The van der Waals surface area contributed by atoms with Crippen LogP contribution in [0.1, 0.15) is 23.7 Å². The van der Waals surface area contributed by atoms with Gasteiger partial charge in [-0.3, -0.25) is 9.59 Å². The lowest BCUT2D eigenvalue weighted by molar-refractivity contribution is -0.113. The maximum atomic E-state index is 12.6. The quantitative estimate of drug-likeness (QED) is 0.605. The van der Waals surface area contributed by atoms with E-state index in [1.54, 1.807) is 43.6 Å². The van der Waals surface area contributed by atoms with Gasteiger partial charge in [-0.2, -0.15) is 0 Å². The van der Waals surface area contributed by atoms with Gasteiger partial charge in [0, 0.05) is 37.7 Å². The predicted molar refractivity (Wildman–Crippen MR) is 110 cm³/mol. The first-order valence-corrected chi connectivity index (χ1v) is 10.1. The summed E-state index contributed by atoms with van der Waals surface area (Å²) in [6, 6.07) is 8.57. The minimum absolute atomic E-state index is 0.0326. The lowest BCUT2D eigenvalue weighted by atomic mass is 10.2. The topological polar surface area (TPSA) is 98.8 Å². The number of nitrogens with one attached hydrogen (secondary N) is 2. The first-order chi connectivity index (χ1) is 14.1. The molecular formula is C20H23N3O5S. The number of carbonyl (C=O) groups excluding carboxylic acids is 2. The van der Waals surface area contributed by atoms with Crippen molar-refractivity contribution in [3.8, 4) is 11.5 Å². The van der Waals surface area contributed by atoms with Crippen LogP contribution in [0, 0.1) is 0 Å². The molecule has 0 radical (unpaired) electrons. The zero-order chi connectivity index (χ0) is 20.6. The number of aromatic nitrogens is 1. The molecule has 29 heavy (non-hydrogen) atoms. The second-order valence-corrected chi connectivity index (χ2v) is 7.38. The molecular weight excluding hydrogens is 394 g/mol. The van der Waals surface area contributed by atoms with E-state index >= 15 is 0 Å². The van der Waals surface area contributed by atoms with Crippen molar-refractivity contribution in [3.63, 3.8) is 0 Å². The van der Waals surface area contributed by atoms with Crippen molar-refractivity contribution in [1.29, 1.82) is 0 Å². The molecule has 0 saturated heterocycles. The Morgan fingerprint density at radius 3 is 2.93 bits per heavy atom. The average molecular weight is 417 g/mol. The van der Waals surface area contributed by atoms with Gasteiger partial charge in [0.05, 0.1) is 11.3 Å². The van der Waals surface area contributed by atoms with Gasteiger partial charge >= 0.3 is 0 Å². The molecule has 1 aliphatic heterocycles. The lowest BCUT2D eigenvalue weighted by Gasteiger charge is -2.14. The predicted octanol–water partition coefficient (Wildman–Crippen LogP) is 2.70. The summed E-state index contributed by atoms with van der Waals surface area (Å²) in [6.45, 7) is 2.66. The highest BCUT2D eigenvalue weighted by Crippen LogP contribution is 2.34. The average Bonchev–Trinajstić information content (AvgIpc) is 3.18. The van der Waals surface area contributed by atoms with E-state index < -0.39 is 0 Å². The molecule has 1 aliphatic rings. The fourth-order valence-electron chi connectivity index (χ4n) is 2.65. The largest absolute Gasteiger partial charge is 0.454 e. The number of fused-ring (bicyclic) bond motifs is 1. The molecule has 154 valence electrons. The Balaban J connectivity index is 1.56. The molecule has 0 bridgehead atoms. The normalized spacial score (nSPS) is 13.0. The molecule has 8 nitrogen and oxygen atoms in total. The van der Waals surface area contributed by atoms with E-state index in [4.69, 9.17) is 14.2 Å². The summed E-state index contributed by atoms with van der Waals surface area (Å²) in [5.41, 5.74) is 1.06. The highest BCUT2D eigenvalue weighted by Gasteiger charge is 2.17. The second kappa shape index (κ2) is 10.1. The van der Waals surface area contributed by atoms with E-state index in [0.717, 1.165) is 0 Å². The Hall–Kier alpha value is -2.78. The van der Waals surface area contributed by atoms with Crippen molar-refractivity contribution >= 4 is 29.3 Å². The second-order valence-electron chi connectivity index (χ2n) is 6.42. The van der Waals surface area contributed by atoms with Gasteiger partial charge < -0.3 is 24.8 Å². The highest BCUT2D eigenvalue weighted by molar-refractivity contribution is 8.00. The molecule has 1 unspecified atom stereocenters. The molecule has 2 aromatic rings. The van der Waals surface area contributed by atoms with Crippen LogP contribution >= 0.6 is 11.8 Å². The van der Waals surface area contributed by atoms with Crippen molar-refractivity contribution < 1.29 is 23.8 Å². The third-order valence-corrected chi connectivity index (χ3v) is 5.15. The number of carbonyl (C=O) groups is 2. The smallest absolute Gasteiger partial charge is 0.254 e. The minimum atomic E-state index is -0.222. The number of methoxy groups -OCH3 is 1. The van der Waals surface area contributed by atoms with Gasteiger partial charge in [0.1, 0.15) is 5.03 Å². The van der Waals surface area contributed by atoms with E-state index in [9.17, 15) is 9.59 Å². The number of nitrogens with zero attached hydrogens (tertiary/aromatic N) is 1. The van der Waals surface area contributed by atoms with Gasteiger partial charge in [-0.05, 0) is 37.6 Å². The number of benzene rings is 1. The van der Waals surface area contributed by atoms with Crippen LogP contribution in [0.15, 0.2) is 41.6 Å². The minimum Gasteiger partial charge on any atom is -0.454 e. The van der Waals surface area contributed by atoms with Crippen LogP contribution in [-0.2, 0) is 9.53 Å². The first kappa shape index (κ1) is 20.9. The number of pyridine rings is 1. The SMILES string of the molecule is COCCC(C)NC(=O)c1cccnc1SCC(=O)Nc1ccc2c(c1)OCO2. The first-order valence-electron chi connectivity index (χ1n) is 9.14. The molecule has 0 spiro atoms. The van der Waals surface area contributed by atoms with Gasteiger partial charge in [0.2, 0.25) is 12.7 Å². The van der Waals surface area contributed by atoms with Gasteiger partial charge in [0.15, 0.2) is 11.5 Å². The summed E-state index contributed by atoms with van der Waals surface area (Å²) in [6.07, 6.45) is 2.31. The Labute approximate surface area is 173 Å². The molecule has 2 amide bonds. The molecule has 1 atom stereocenters. The van der Waals surface area contributed by atoms with Crippen molar-refractivity contribution in [2.45, 2.75) is 24.4 Å². The van der Waals surface area contributed by atoms with Crippen LogP contribution in [-0.4, -0.2) is 49.1 Å². The molecule has 0 saturated carbocycles. The third kappa shape index (κ3) is 5.85. The summed E-state index contributed by atoms with van der Waals surface area (Å²) >= 11 is 1.21. The fourth-order valence-corrected chi connectivity index (χ4v) is 3.44. The molecule has 0 fully saturated rings. The number of hydrogen-bond donors (Lipinski definition) is 2. The summed E-state index contributed by atoms with van der Waals surface area (Å²) < 4.78 is 15.6. The Morgan fingerprint density at radius 1 is 1.28 bits per heavy atom. The Bertz CT molecular complexity index is 877. The van der Waals surface area contributed by atoms with Crippen molar-refractivity contribution in [2.75, 3.05) is 31.6 Å². The van der Waals surface area contributed by atoms with Gasteiger partial charge in [0.25, 0.3) is 5.91 Å². The maximum Gasteiger partial charge on any atom is 0.254 e. The van der Waals surface area contributed by atoms with Crippen LogP contribution in [0.2, 0.25) is 0 Å². The number of ether oxygens (including phenoxy) is 3. The van der Waals surface area contributed by atoms with E-state index in [2.05, 4.69) is 15.6 Å². The Kier molecular flexibility index (Phi) is 7.31. The van der Waals surface area contributed by atoms with Crippen LogP contribution in [0.5, 0.6) is 11.5 Å². The summed E-state index contributed by atoms with van der Waals surface area (Å²) in [5, 5.41) is 6.24. The third-order valence-electron chi connectivity index (χ3n) is 4.14. The van der Waals surface area contributed by atoms with E-state index in [-0.39, 0.29) is 30.4 Å². The van der Waals surface area contributed by atoms with Crippen molar-refractivity contribution in [2.24, 2.45) is 0 Å². The van der Waals surface area contributed by atoms with E-state index in [0.29, 0.717) is 40.8 Å². The number of rotatable bonds is 9. The van der Waals surface area contributed by atoms with E-state index in [1.807, 2.05) is 6.92 Å². The molecule has 2 heterocycles. The summed E-state index contributed by atoms with van der Waals surface area (Å²) in [5.74, 6) is 0.938. The molecule has 3 rings (SSSR count). The van der Waals surface area contributed by atoms with E-state index in [1.165, 1.54) is 11.8 Å².